The number of carboxylic acid groups (broad SMARTS) is 1. The third-order valence-corrected chi connectivity index (χ3v) is 5.44. The number of carbonyl (C=O) groups is 4. The Hall–Kier alpha value is -2.93. The number of amides is 3. The highest BCUT2D eigenvalue weighted by molar-refractivity contribution is 5.94. The Bertz CT molecular complexity index is 713. The molecule has 13 nitrogen and oxygen atoms in total. The van der Waals surface area contributed by atoms with E-state index in [4.69, 9.17) is 22.9 Å². The molecule has 11 N–H and O–H groups in total. The van der Waals surface area contributed by atoms with E-state index in [0.29, 0.717) is 58.2 Å². The zero-order valence-corrected chi connectivity index (χ0v) is 19.2. The fraction of sp³-hybridized carbons (Fsp3) is 0.750. The fourth-order valence-corrected chi connectivity index (χ4v) is 3.58. The predicted molar refractivity (Wildman–Crippen MR) is 123 cm³/mol. The molecular formula is C20H38N8O5. The molecule has 1 aliphatic heterocycles. The van der Waals surface area contributed by atoms with Gasteiger partial charge >= 0.3 is 5.97 Å². The van der Waals surface area contributed by atoms with Crippen molar-refractivity contribution in [2.45, 2.75) is 76.0 Å². The van der Waals surface area contributed by atoms with Gasteiger partial charge in [0.1, 0.15) is 18.1 Å². The van der Waals surface area contributed by atoms with Crippen LogP contribution < -0.4 is 33.6 Å². The highest BCUT2D eigenvalue weighted by atomic mass is 16.4. The summed E-state index contributed by atoms with van der Waals surface area (Å²) < 4.78 is 0. The Balaban J connectivity index is 2.61. The first-order valence-corrected chi connectivity index (χ1v) is 11.2. The molecule has 0 radical (unpaired) electrons. The number of aliphatic carboxylic acids is 1. The predicted octanol–water partition coefficient (Wildman–Crippen LogP) is -2.44. The van der Waals surface area contributed by atoms with Crippen LogP contribution in [-0.2, 0) is 19.2 Å². The van der Waals surface area contributed by atoms with E-state index < -0.39 is 42.0 Å². The lowest BCUT2D eigenvalue weighted by molar-refractivity contribution is -0.143. The van der Waals surface area contributed by atoms with E-state index in [1.807, 2.05) is 0 Å². The molecule has 13 heteroatoms. The average Bonchev–Trinajstić information content (AvgIpc) is 3.25. The van der Waals surface area contributed by atoms with Crippen molar-refractivity contribution in [2.24, 2.45) is 27.9 Å². The van der Waals surface area contributed by atoms with Crippen molar-refractivity contribution in [2.75, 3.05) is 19.6 Å². The Labute approximate surface area is 193 Å². The first-order chi connectivity index (χ1) is 15.6. The quantitative estimate of drug-likeness (QED) is 0.0810. The lowest BCUT2D eigenvalue weighted by Crippen LogP contribution is -2.55. The number of aliphatic imine (C=N–C) groups is 1. The van der Waals surface area contributed by atoms with Gasteiger partial charge in [0.15, 0.2) is 5.96 Å². The van der Waals surface area contributed by atoms with Crippen molar-refractivity contribution in [3.8, 4) is 0 Å². The molecule has 0 saturated carbocycles. The Morgan fingerprint density at radius 2 is 1.82 bits per heavy atom. The van der Waals surface area contributed by atoms with Crippen molar-refractivity contribution in [3.63, 3.8) is 0 Å². The molecule has 0 aromatic carbocycles. The molecule has 33 heavy (non-hydrogen) atoms. The fourth-order valence-electron chi connectivity index (χ4n) is 3.58. The summed E-state index contributed by atoms with van der Waals surface area (Å²) in [6.07, 6.45) is 3.40. The number of carboxylic acids is 1. The van der Waals surface area contributed by atoms with Crippen molar-refractivity contribution < 1.29 is 24.3 Å². The van der Waals surface area contributed by atoms with Crippen LogP contribution in [0.4, 0.5) is 0 Å². The van der Waals surface area contributed by atoms with Crippen LogP contribution in [0.3, 0.4) is 0 Å². The number of hydrogen-bond acceptors (Lipinski definition) is 7. The zero-order chi connectivity index (χ0) is 25.0. The van der Waals surface area contributed by atoms with Gasteiger partial charge in [0.2, 0.25) is 17.7 Å². The zero-order valence-electron chi connectivity index (χ0n) is 19.2. The van der Waals surface area contributed by atoms with Gasteiger partial charge in [-0.25, -0.2) is 4.79 Å². The van der Waals surface area contributed by atoms with Crippen molar-refractivity contribution in [1.82, 2.24) is 15.5 Å². The molecule has 1 heterocycles. The van der Waals surface area contributed by atoms with Gasteiger partial charge in [-0.15, -0.1) is 0 Å². The third kappa shape index (κ3) is 9.61. The maximum Gasteiger partial charge on any atom is 0.326 e. The molecule has 3 amide bonds. The molecule has 4 atom stereocenters. The monoisotopic (exact) mass is 470 g/mol. The molecule has 1 rings (SSSR count). The van der Waals surface area contributed by atoms with E-state index in [1.165, 1.54) is 11.8 Å². The van der Waals surface area contributed by atoms with Crippen LogP contribution in [0, 0.1) is 0 Å². The molecule has 188 valence electrons. The summed E-state index contributed by atoms with van der Waals surface area (Å²) in [7, 11) is 0. The summed E-state index contributed by atoms with van der Waals surface area (Å²) in [6, 6.07) is -3.57. The number of unbranched alkanes of at least 4 members (excludes halogenated alkanes) is 1. The molecule has 0 aromatic heterocycles. The smallest absolute Gasteiger partial charge is 0.326 e. The van der Waals surface area contributed by atoms with E-state index in [1.54, 1.807) is 0 Å². The normalized spacial score (nSPS) is 18.2. The van der Waals surface area contributed by atoms with Gasteiger partial charge in [-0.1, -0.05) is 0 Å². The summed E-state index contributed by atoms with van der Waals surface area (Å²) >= 11 is 0. The van der Waals surface area contributed by atoms with Crippen LogP contribution in [0.1, 0.15) is 51.9 Å². The molecule has 0 aromatic rings. The second kappa shape index (κ2) is 14.3. The summed E-state index contributed by atoms with van der Waals surface area (Å²) in [6.45, 7) is 2.64. The highest BCUT2D eigenvalue weighted by Gasteiger charge is 2.37. The van der Waals surface area contributed by atoms with Gasteiger partial charge in [-0.05, 0) is 58.4 Å². The topological polar surface area (TPSA) is 232 Å². The minimum atomic E-state index is -1.15. The van der Waals surface area contributed by atoms with Crippen LogP contribution in [0.5, 0.6) is 0 Å². The highest BCUT2D eigenvalue weighted by Crippen LogP contribution is 2.19. The lowest BCUT2D eigenvalue weighted by atomic mass is 10.1. The maximum absolute atomic E-state index is 12.8. The average molecular weight is 471 g/mol. The Morgan fingerprint density at radius 1 is 1.12 bits per heavy atom. The number of nitrogens with one attached hydrogen (secondary N) is 2. The van der Waals surface area contributed by atoms with Crippen molar-refractivity contribution in [1.29, 1.82) is 0 Å². The molecule has 0 spiro atoms. The SMILES string of the molecule is CC(NC(=O)C1CCCN1C(=O)C(N)CCCN=C(N)N)C(=O)NC(CCCCN)C(=O)O. The van der Waals surface area contributed by atoms with Gasteiger partial charge in [0, 0.05) is 13.1 Å². The van der Waals surface area contributed by atoms with E-state index in [-0.39, 0.29) is 18.3 Å². The van der Waals surface area contributed by atoms with Crippen LogP contribution in [0.2, 0.25) is 0 Å². The number of nitrogens with zero attached hydrogens (tertiary/aromatic N) is 2. The second-order valence-electron chi connectivity index (χ2n) is 8.16. The molecule has 4 unspecified atom stereocenters. The van der Waals surface area contributed by atoms with Gasteiger partial charge in [0.05, 0.1) is 6.04 Å². The molecule has 1 fully saturated rings. The number of likely N-dealkylation sites (tertiary alicyclic amines) is 1. The van der Waals surface area contributed by atoms with Gasteiger partial charge in [-0.2, -0.15) is 0 Å². The minimum Gasteiger partial charge on any atom is -0.480 e. The van der Waals surface area contributed by atoms with Crippen LogP contribution in [0.25, 0.3) is 0 Å². The van der Waals surface area contributed by atoms with Crippen molar-refractivity contribution >= 4 is 29.7 Å². The molecule has 0 aliphatic carbocycles. The first kappa shape index (κ1) is 28.1. The molecule has 1 saturated heterocycles. The Morgan fingerprint density at radius 3 is 2.42 bits per heavy atom. The van der Waals surface area contributed by atoms with E-state index in [9.17, 15) is 24.3 Å². The van der Waals surface area contributed by atoms with Gasteiger partial charge in [0.25, 0.3) is 0 Å². The van der Waals surface area contributed by atoms with E-state index in [2.05, 4.69) is 15.6 Å². The van der Waals surface area contributed by atoms with Gasteiger partial charge in [-0.3, -0.25) is 19.4 Å². The molecule has 0 bridgehead atoms. The summed E-state index contributed by atoms with van der Waals surface area (Å²) in [4.78, 5) is 54.6. The number of hydrogen-bond donors (Lipinski definition) is 7. The maximum atomic E-state index is 12.8. The van der Waals surface area contributed by atoms with Gasteiger partial charge < -0.3 is 43.6 Å². The largest absolute Gasteiger partial charge is 0.480 e. The minimum absolute atomic E-state index is 0.0328. The van der Waals surface area contributed by atoms with E-state index >= 15 is 0 Å². The number of carbonyl (C=O) groups excluding carboxylic acids is 3. The summed E-state index contributed by atoms with van der Waals surface area (Å²) in [5, 5.41) is 14.3. The molecule has 1 aliphatic rings. The van der Waals surface area contributed by atoms with E-state index in [0.717, 1.165) is 0 Å². The van der Waals surface area contributed by atoms with Crippen molar-refractivity contribution in [3.05, 3.63) is 0 Å². The third-order valence-electron chi connectivity index (χ3n) is 5.44. The number of rotatable bonds is 14. The number of guanidine groups is 1. The summed E-state index contributed by atoms with van der Waals surface area (Å²) in [5.41, 5.74) is 21.9. The Kier molecular flexibility index (Phi) is 12.1. The van der Waals surface area contributed by atoms with Crippen LogP contribution >= 0.6 is 0 Å². The lowest BCUT2D eigenvalue weighted by Gasteiger charge is -2.28. The first-order valence-electron chi connectivity index (χ1n) is 11.2. The second-order valence-corrected chi connectivity index (χ2v) is 8.16. The number of nitrogens with two attached hydrogens (primary N) is 4. The standard InChI is InChI=1S/C20H38N8O5/c1-12(16(29)27-14(19(32)33)7-2-3-9-21)26-17(30)15-8-5-11-28(15)18(31)13(22)6-4-10-25-20(23)24/h12-15H,2-11,21-22H2,1H3,(H,26,30)(H,27,29)(H,32,33)(H4,23,24,25). The van der Waals surface area contributed by atoms with Crippen LogP contribution in [-0.4, -0.2) is 83.5 Å². The van der Waals surface area contributed by atoms with Crippen LogP contribution in [0.15, 0.2) is 4.99 Å². The molecular weight excluding hydrogens is 432 g/mol. The summed E-state index contributed by atoms with van der Waals surface area (Å²) in [5.74, 6) is -2.63.